The molecule has 0 aliphatic carbocycles. The van der Waals surface area contributed by atoms with E-state index in [0.29, 0.717) is 16.9 Å². The Labute approximate surface area is 180 Å². The van der Waals surface area contributed by atoms with Gasteiger partial charge in [0.15, 0.2) is 11.6 Å². The van der Waals surface area contributed by atoms with Crippen molar-refractivity contribution in [3.8, 4) is 11.4 Å². The first-order chi connectivity index (χ1) is 14.5. The molecule has 2 heterocycles. The van der Waals surface area contributed by atoms with E-state index in [0.717, 1.165) is 0 Å². The molecule has 0 radical (unpaired) electrons. The number of hydrogen-bond acceptors (Lipinski definition) is 7. The number of nitrogens with zero attached hydrogens (tertiary/aromatic N) is 5. The Morgan fingerprint density at radius 1 is 1.23 bits per heavy atom. The second-order valence-electron chi connectivity index (χ2n) is 8.14. The summed E-state index contributed by atoms with van der Waals surface area (Å²) in [6.07, 6.45) is 2.52. The van der Waals surface area contributed by atoms with Gasteiger partial charge in [0.2, 0.25) is 5.95 Å². The Morgan fingerprint density at radius 3 is 2.61 bits per heavy atom. The van der Waals surface area contributed by atoms with E-state index >= 15 is 4.39 Å². The van der Waals surface area contributed by atoms with Crippen molar-refractivity contribution >= 4 is 17.9 Å². The lowest BCUT2D eigenvalue weighted by Gasteiger charge is -2.23. The summed E-state index contributed by atoms with van der Waals surface area (Å²) in [5, 5.41) is 9.89. The molecule has 0 spiro atoms. The molecule has 1 amide bonds. The fourth-order valence-corrected chi connectivity index (χ4v) is 2.99. The highest BCUT2D eigenvalue weighted by atomic mass is 19.1. The summed E-state index contributed by atoms with van der Waals surface area (Å²) in [5.74, 6) is 0.539. The molecule has 0 aliphatic heterocycles. The van der Waals surface area contributed by atoms with Gasteiger partial charge < -0.3 is 15.4 Å². The maximum atomic E-state index is 15.2. The van der Waals surface area contributed by atoms with Crippen LogP contribution >= 0.6 is 0 Å². The molecular formula is C21H26FN7O2. The van der Waals surface area contributed by atoms with Crippen LogP contribution < -0.4 is 10.6 Å². The molecule has 1 atom stereocenters. The van der Waals surface area contributed by atoms with E-state index in [1.807, 2.05) is 0 Å². The number of benzene rings is 1. The molecule has 10 heteroatoms. The third-order valence-corrected chi connectivity index (χ3v) is 4.39. The SMILES string of the molecule is Cc1c([C@@H](C)NC(=O)OC(C)(C)C)ccc(-c2ncnc(Nc3ccn(C)n3)n2)c1F. The number of amides is 1. The first kappa shape index (κ1) is 22.1. The molecule has 0 bridgehead atoms. The van der Waals surface area contributed by atoms with E-state index in [-0.39, 0.29) is 17.3 Å². The molecular weight excluding hydrogens is 401 g/mol. The molecule has 31 heavy (non-hydrogen) atoms. The molecule has 0 aliphatic rings. The van der Waals surface area contributed by atoms with Crippen LogP contribution in [0.15, 0.2) is 30.7 Å². The minimum absolute atomic E-state index is 0.188. The maximum Gasteiger partial charge on any atom is 0.408 e. The van der Waals surface area contributed by atoms with Crippen molar-refractivity contribution in [2.45, 2.75) is 46.3 Å². The number of aryl methyl sites for hydroxylation is 1. The highest BCUT2D eigenvalue weighted by Gasteiger charge is 2.21. The molecule has 164 valence electrons. The standard InChI is InChI=1S/C21H26FN7O2/c1-12-14(13(2)25-20(30)31-21(3,4)5)7-8-15(17(12)22)18-23-11-24-19(27-18)26-16-9-10-29(6)28-16/h7-11,13H,1-6H3,(H,25,30)(H,23,24,26,27,28)/t13-/m1/s1. The molecule has 3 rings (SSSR count). The predicted molar refractivity (Wildman–Crippen MR) is 114 cm³/mol. The fourth-order valence-electron chi connectivity index (χ4n) is 2.99. The van der Waals surface area contributed by atoms with Crippen molar-refractivity contribution in [3.05, 3.63) is 47.7 Å². The Balaban J connectivity index is 1.82. The van der Waals surface area contributed by atoms with Gasteiger partial charge in [0.05, 0.1) is 11.6 Å². The number of anilines is 2. The topological polar surface area (TPSA) is 107 Å². The van der Waals surface area contributed by atoms with Crippen molar-refractivity contribution in [2.75, 3.05) is 5.32 Å². The van der Waals surface area contributed by atoms with E-state index in [2.05, 4.69) is 30.7 Å². The summed E-state index contributed by atoms with van der Waals surface area (Å²) in [7, 11) is 1.79. The van der Waals surface area contributed by atoms with Gasteiger partial charge in [-0.1, -0.05) is 6.07 Å². The lowest BCUT2D eigenvalue weighted by molar-refractivity contribution is 0.0507. The van der Waals surface area contributed by atoms with Crippen LogP contribution in [0.25, 0.3) is 11.4 Å². The number of carbonyl (C=O) groups is 1. The van der Waals surface area contributed by atoms with Crippen LogP contribution in [0.5, 0.6) is 0 Å². The Hall–Kier alpha value is -3.56. The molecule has 2 aromatic heterocycles. The zero-order chi connectivity index (χ0) is 22.8. The summed E-state index contributed by atoms with van der Waals surface area (Å²) >= 11 is 0. The minimum atomic E-state index is -0.617. The third-order valence-electron chi connectivity index (χ3n) is 4.39. The quantitative estimate of drug-likeness (QED) is 0.632. The van der Waals surface area contributed by atoms with Crippen LogP contribution in [0.1, 0.15) is 44.9 Å². The Morgan fingerprint density at radius 2 is 1.97 bits per heavy atom. The van der Waals surface area contributed by atoms with E-state index in [9.17, 15) is 4.79 Å². The monoisotopic (exact) mass is 427 g/mol. The number of aromatic nitrogens is 5. The average molecular weight is 427 g/mol. The highest BCUT2D eigenvalue weighted by molar-refractivity contribution is 5.69. The van der Waals surface area contributed by atoms with Crippen LogP contribution in [0.3, 0.4) is 0 Å². The second kappa shape index (κ2) is 8.66. The lowest BCUT2D eigenvalue weighted by atomic mass is 9.98. The summed E-state index contributed by atoms with van der Waals surface area (Å²) in [5.41, 5.74) is 0.638. The number of nitrogens with one attached hydrogen (secondary N) is 2. The summed E-state index contributed by atoms with van der Waals surface area (Å²) < 4.78 is 22.1. The summed E-state index contributed by atoms with van der Waals surface area (Å²) in [6, 6.07) is 4.65. The predicted octanol–water partition coefficient (Wildman–Crippen LogP) is 4.05. The van der Waals surface area contributed by atoms with Gasteiger partial charge in [-0.15, -0.1) is 0 Å². The largest absolute Gasteiger partial charge is 0.444 e. The molecule has 0 unspecified atom stereocenters. The fraction of sp³-hybridized carbons (Fsp3) is 0.381. The van der Waals surface area contributed by atoms with E-state index in [1.165, 1.54) is 6.33 Å². The molecule has 3 aromatic rings. The number of carbonyl (C=O) groups excluding carboxylic acids is 1. The number of rotatable bonds is 5. The van der Waals surface area contributed by atoms with Crippen LogP contribution in [-0.4, -0.2) is 36.4 Å². The third kappa shape index (κ3) is 5.53. The summed E-state index contributed by atoms with van der Waals surface area (Å²) in [6.45, 7) is 8.76. The van der Waals surface area contributed by atoms with Crippen LogP contribution in [0.4, 0.5) is 21.0 Å². The van der Waals surface area contributed by atoms with Gasteiger partial charge in [-0.3, -0.25) is 4.68 Å². The lowest BCUT2D eigenvalue weighted by Crippen LogP contribution is -2.34. The minimum Gasteiger partial charge on any atom is -0.444 e. The van der Waals surface area contributed by atoms with Gasteiger partial charge in [0, 0.05) is 19.3 Å². The Kier molecular flexibility index (Phi) is 6.19. The van der Waals surface area contributed by atoms with Crippen LogP contribution in [0, 0.1) is 12.7 Å². The van der Waals surface area contributed by atoms with Gasteiger partial charge in [0.25, 0.3) is 0 Å². The molecule has 0 saturated heterocycles. The Bertz CT molecular complexity index is 1090. The summed E-state index contributed by atoms with van der Waals surface area (Å²) in [4.78, 5) is 24.5. The van der Waals surface area contributed by atoms with E-state index in [4.69, 9.17) is 4.74 Å². The van der Waals surface area contributed by atoms with Gasteiger partial charge >= 0.3 is 6.09 Å². The molecule has 1 aromatic carbocycles. The molecule has 9 nitrogen and oxygen atoms in total. The zero-order valence-electron chi connectivity index (χ0n) is 18.4. The second-order valence-corrected chi connectivity index (χ2v) is 8.14. The number of hydrogen-bond donors (Lipinski definition) is 2. The van der Waals surface area contributed by atoms with Crippen molar-refractivity contribution in [3.63, 3.8) is 0 Å². The van der Waals surface area contributed by atoms with Crippen LogP contribution in [-0.2, 0) is 11.8 Å². The molecule has 0 fully saturated rings. The normalized spacial score (nSPS) is 12.4. The van der Waals surface area contributed by atoms with E-state index < -0.39 is 23.6 Å². The van der Waals surface area contributed by atoms with Crippen molar-refractivity contribution in [1.29, 1.82) is 0 Å². The van der Waals surface area contributed by atoms with Gasteiger partial charge in [-0.05, 0) is 51.8 Å². The van der Waals surface area contributed by atoms with Gasteiger partial charge in [-0.2, -0.15) is 10.1 Å². The average Bonchev–Trinajstić information content (AvgIpc) is 3.07. The molecule has 0 saturated carbocycles. The number of halogens is 1. The van der Waals surface area contributed by atoms with Crippen molar-refractivity contribution < 1.29 is 13.9 Å². The van der Waals surface area contributed by atoms with Gasteiger partial charge in [0.1, 0.15) is 17.7 Å². The first-order valence-corrected chi connectivity index (χ1v) is 9.78. The smallest absolute Gasteiger partial charge is 0.408 e. The zero-order valence-corrected chi connectivity index (χ0v) is 18.4. The van der Waals surface area contributed by atoms with Crippen molar-refractivity contribution in [1.82, 2.24) is 30.0 Å². The molecule has 2 N–H and O–H groups in total. The number of alkyl carbamates (subject to hydrolysis) is 1. The van der Waals surface area contributed by atoms with E-state index in [1.54, 1.807) is 70.7 Å². The number of ether oxygens (including phenoxy) is 1. The maximum absolute atomic E-state index is 15.2. The first-order valence-electron chi connectivity index (χ1n) is 9.78. The van der Waals surface area contributed by atoms with Crippen molar-refractivity contribution in [2.24, 2.45) is 7.05 Å². The van der Waals surface area contributed by atoms with Gasteiger partial charge in [-0.25, -0.2) is 19.2 Å². The highest BCUT2D eigenvalue weighted by Crippen LogP contribution is 2.28. The van der Waals surface area contributed by atoms with Crippen LogP contribution in [0.2, 0.25) is 0 Å².